The number of aromatic amines is 1. The van der Waals surface area contributed by atoms with Gasteiger partial charge < -0.3 is 10.3 Å². The summed E-state index contributed by atoms with van der Waals surface area (Å²) in [7, 11) is 0. The van der Waals surface area contributed by atoms with Crippen LogP contribution in [0.15, 0.2) is 52.2 Å². The van der Waals surface area contributed by atoms with Gasteiger partial charge in [0.25, 0.3) is 5.56 Å². The smallest absolute Gasteiger partial charge is 0.254 e. The van der Waals surface area contributed by atoms with Gasteiger partial charge in [-0.15, -0.1) is 0 Å². The first-order valence-corrected chi connectivity index (χ1v) is 9.77. The molecule has 2 N–H and O–H groups in total. The molecule has 7 heteroatoms. The fraction of sp³-hybridized carbons (Fsp3) is 0.150. The second-order valence-electron chi connectivity index (χ2n) is 6.41. The fourth-order valence-corrected chi connectivity index (χ4v) is 4.06. The third kappa shape index (κ3) is 3.59. The molecule has 4 aromatic rings. The second-order valence-corrected chi connectivity index (χ2v) is 7.59. The van der Waals surface area contributed by atoms with Crippen LogP contribution < -0.4 is 10.9 Å². The van der Waals surface area contributed by atoms with Crippen molar-refractivity contribution in [3.63, 3.8) is 0 Å². The summed E-state index contributed by atoms with van der Waals surface area (Å²) in [5.41, 5.74) is 4.48. The maximum Gasteiger partial charge on any atom is 0.254 e. The van der Waals surface area contributed by atoms with Gasteiger partial charge in [-0.3, -0.25) is 4.79 Å². The molecule has 0 spiro atoms. The van der Waals surface area contributed by atoms with E-state index in [0.29, 0.717) is 22.1 Å². The Morgan fingerprint density at radius 2 is 2.07 bits per heavy atom. The molecule has 0 radical (unpaired) electrons. The Hall–Kier alpha value is -2.70. The van der Waals surface area contributed by atoms with E-state index < -0.39 is 0 Å². The van der Waals surface area contributed by atoms with Crippen LogP contribution in [0.2, 0.25) is 5.02 Å². The van der Waals surface area contributed by atoms with Gasteiger partial charge in [-0.2, -0.15) is 11.3 Å². The van der Waals surface area contributed by atoms with Crippen molar-refractivity contribution in [1.29, 1.82) is 0 Å². The lowest BCUT2D eigenvalue weighted by Crippen LogP contribution is -2.20. The number of hydrogen-bond donors (Lipinski definition) is 2. The number of halogens is 1. The highest BCUT2D eigenvalue weighted by Crippen LogP contribution is 2.28. The molecule has 0 saturated heterocycles. The number of H-pyrrole nitrogens is 1. The van der Waals surface area contributed by atoms with Gasteiger partial charge in [-0.1, -0.05) is 11.6 Å². The minimum Gasteiger partial charge on any atom is -0.363 e. The van der Waals surface area contributed by atoms with E-state index in [0.717, 1.165) is 10.9 Å². The molecule has 1 unspecified atom stereocenters. The number of nitrogens with zero attached hydrogens (tertiary/aromatic N) is 2. The van der Waals surface area contributed by atoms with Crippen LogP contribution in [0.3, 0.4) is 0 Å². The van der Waals surface area contributed by atoms with E-state index in [1.807, 2.05) is 25.1 Å². The molecule has 136 valence electrons. The normalized spacial score (nSPS) is 12.3. The van der Waals surface area contributed by atoms with Crippen molar-refractivity contribution in [1.82, 2.24) is 15.0 Å². The Kier molecular flexibility index (Phi) is 4.68. The molecule has 0 aliphatic heterocycles. The highest BCUT2D eigenvalue weighted by atomic mass is 35.5. The minimum absolute atomic E-state index is 0.179. The molecule has 1 atom stereocenters. The van der Waals surface area contributed by atoms with Crippen LogP contribution in [0, 0.1) is 6.92 Å². The molecule has 0 amide bonds. The highest BCUT2D eigenvalue weighted by Gasteiger charge is 2.13. The van der Waals surface area contributed by atoms with Crippen molar-refractivity contribution >= 4 is 39.8 Å². The van der Waals surface area contributed by atoms with Gasteiger partial charge in [-0.05, 0) is 65.6 Å². The molecule has 27 heavy (non-hydrogen) atoms. The van der Waals surface area contributed by atoms with Gasteiger partial charge in [0.2, 0.25) is 0 Å². The number of aryl methyl sites for hydroxylation is 1. The molecule has 0 aromatic carbocycles. The van der Waals surface area contributed by atoms with E-state index in [1.165, 1.54) is 17.3 Å². The van der Waals surface area contributed by atoms with Crippen molar-refractivity contribution in [2.45, 2.75) is 19.9 Å². The van der Waals surface area contributed by atoms with E-state index >= 15 is 0 Å². The zero-order chi connectivity index (χ0) is 19.0. The predicted molar refractivity (Wildman–Crippen MR) is 112 cm³/mol. The van der Waals surface area contributed by atoms with Crippen LogP contribution in [0.5, 0.6) is 0 Å². The summed E-state index contributed by atoms with van der Waals surface area (Å²) in [5, 5.41) is 8.89. The van der Waals surface area contributed by atoms with Crippen molar-refractivity contribution in [3.05, 3.63) is 73.9 Å². The lowest BCUT2D eigenvalue weighted by molar-refractivity contribution is 0.856. The summed E-state index contributed by atoms with van der Waals surface area (Å²) in [6.07, 6.45) is 3.29. The Labute approximate surface area is 165 Å². The standard InChI is InChI=1S/C20H17ClN4OS/c1-11-9-27-10-17(11)13-3-4-22-18(7-13)24-12(2)16-6-14-5-15(21)8-23-19(14)25-20(16)26/h3-10,12H,1-2H3,(H,22,24)(H,23,25,26). The maximum absolute atomic E-state index is 12.5. The third-order valence-corrected chi connectivity index (χ3v) is 5.51. The Morgan fingerprint density at radius 3 is 2.85 bits per heavy atom. The van der Waals surface area contributed by atoms with Gasteiger partial charge in [0.15, 0.2) is 0 Å². The van der Waals surface area contributed by atoms with Crippen molar-refractivity contribution in [2.24, 2.45) is 0 Å². The molecule has 4 rings (SSSR count). The van der Waals surface area contributed by atoms with Crippen molar-refractivity contribution in [2.75, 3.05) is 5.32 Å². The predicted octanol–water partition coefficient (Wildman–Crippen LogP) is 5.18. The first-order valence-electron chi connectivity index (χ1n) is 8.45. The van der Waals surface area contributed by atoms with Gasteiger partial charge >= 0.3 is 0 Å². The summed E-state index contributed by atoms with van der Waals surface area (Å²) < 4.78 is 0. The quantitative estimate of drug-likeness (QED) is 0.498. The first-order chi connectivity index (χ1) is 13.0. The number of nitrogens with one attached hydrogen (secondary N) is 2. The topological polar surface area (TPSA) is 70.7 Å². The van der Waals surface area contributed by atoms with E-state index in [2.05, 4.69) is 38.0 Å². The number of anilines is 1. The van der Waals surface area contributed by atoms with E-state index in [9.17, 15) is 4.79 Å². The number of pyridine rings is 3. The van der Waals surface area contributed by atoms with Crippen LogP contribution >= 0.6 is 22.9 Å². The molecule has 5 nitrogen and oxygen atoms in total. The Morgan fingerprint density at radius 1 is 1.22 bits per heavy atom. The van der Waals surface area contributed by atoms with Crippen LogP contribution in [0.1, 0.15) is 24.1 Å². The largest absolute Gasteiger partial charge is 0.363 e. The molecule has 0 bridgehead atoms. The summed E-state index contributed by atoms with van der Waals surface area (Å²) in [5.74, 6) is 0.717. The number of aromatic nitrogens is 3. The van der Waals surface area contributed by atoms with Gasteiger partial charge in [0.1, 0.15) is 11.5 Å². The first kappa shape index (κ1) is 17.7. The summed E-state index contributed by atoms with van der Waals surface area (Å²) in [6, 6.07) is 7.36. The molecule has 0 fully saturated rings. The monoisotopic (exact) mass is 396 g/mol. The lowest BCUT2D eigenvalue weighted by Gasteiger charge is -2.15. The average molecular weight is 397 g/mol. The number of hydrogen-bond acceptors (Lipinski definition) is 5. The molecular formula is C20H17ClN4OS. The third-order valence-electron chi connectivity index (χ3n) is 4.45. The Balaban J connectivity index is 1.65. The molecule has 0 saturated carbocycles. The van der Waals surface area contributed by atoms with Crippen LogP contribution in [0.25, 0.3) is 22.2 Å². The summed E-state index contributed by atoms with van der Waals surface area (Å²) in [4.78, 5) is 23.8. The number of fused-ring (bicyclic) bond motifs is 1. The number of thiophene rings is 1. The highest BCUT2D eigenvalue weighted by molar-refractivity contribution is 7.08. The van der Waals surface area contributed by atoms with Crippen molar-refractivity contribution in [3.8, 4) is 11.1 Å². The van der Waals surface area contributed by atoms with Gasteiger partial charge in [0.05, 0.1) is 11.1 Å². The SMILES string of the molecule is Cc1cscc1-c1ccnc(NC(C)c2cc3cc(Cl)cnc3[nH]c2=O)c1. The molecule has 0 aliphatic carbocycles. The van der Waals surface area contributed by atoms with Crippen molar-refractivity contribution < 1.29 is 0 Å². The van der Waals surface area contributed by atoms with E-state index in [1.54, 1.807) is 23.6 Å². The number of rotatable bonds is 4. The maximum atomic E-state index is 12.5. The van der Waals surface area contributed by atoms with Crippen LogP contribution in [-0.2, 0) is 0 Å². The zero-order valence-electron chi connectivity index (χ0n) is 14.8. The minimum atomic E-state index is -0.233. The molecular weight excluding hydrogens is 380 g/mol. The van der Waals surface area contributed by atoms with E-state index in [4.69, 9.17) is 11.6 Å². The lowest BCUT2D eigenvalue weighted by atomic mass is 10.1. The molecule has 4 heterocycles. The van der Waals surface area contributed by atoms with E-state index in [-0.39, 0.29) is 11.6 Å². The second kappa shape index (κ2) is 7.13. The van der Waals surface area contributed by atoms with Crippen LogP contribution in [-0.4, -0.2) is 15.0 Å². The van der Waals surface area contributed by atoms with Gasteiger partial charge in [0, 0.05) is 23.3 Å². The molecule has 0 aliphatic rings. The average Bonchev–Trinajstić information content (AvgIpc) is 3.07. The van der Waals surface area contributed by atoms with Gasteiger partial charge in [-0.25, -0.2) is 9.97 Å². The van der Waals surface area contributed by atoms with Crippen LogP contribution in [0.4, 0.5) is 5.82 Å². The summed E-state index contributed by atoms with van der Waals surface area (Å²) >= 11 is 7.70. The molecule has 4 aromatic heterocycles. The summed E-state index contributed by atoms with van der Waals surface area (Å²) in [6.45, 7) is 4.02. The zero-order valence-corrected chi connectivity index (χ0v) is 16.4. The Bertz CT molecular complexity index is 1180. The fourth-order valence-electron chi connectivity index (χ4n) is 3.04.